The Morgan fingerprint density at radius 3 is 2.00 bits per heavy atom. The normalized spacial score (nSPS) is 17.8. The van der Waals surface area contributed by atoms with Crippen LogP contribution in [-0.2, 0) is 19.1 Å². The van der Waals surface area contributed by atoms with Crippen molar-refractivity contribution in [2.75, 3.05) is 13.2 Å². The first kappa shape index (κ1) is 32.6. The lowest BCUT2D eigenvalue weighted by atomic mass is 9.99. The number of esters is 1. The van der Waals surface area contributed by atoms with Crippen LogP contribution >= 0.6 is 12.2 Å². The maximum absolute atomic E-state index is 12.0. The zero-order valence-corrected chi connectivity index (χ0v) is 23.8. The summed E-state index contributed by atoms with van der Waals surface area (Å²) in [5.74, 6) is -0.0488. The molecule has 1 aliphatic heterocycles. The van der Waals surface area contributed by atoms with Crippen LogP contribution in [0.1, 0.15) is 113 Å². The average molecular weight is 502 g/mol. The van der Waals surface area contributed by atoms with Crippen molar-refractivity contribution in [2.45, 2.75) is 136 Å². The van der Waals surface area contributed by atoms with Crippen LogP contribution in [0.15, 0.2) is 0 Å². The van der Waals surface area contributed by atoms with E-state index in [0.717, 1.165) is 43.6 Å². The Morgan fingerprint density at radius 1 is 0.912 bits per heavy atom. The molecule has 0 aromatic rings. The molecule has 2 atom stereocenters. The molecule has 3 N–H and O–H groups in total. The van der Waals surface area contributed by atoms with E-state index in [1.807, 2.05) is 27.7 Å². The molecule has 8 heteroatoms. The van der Waals surface area contributed by atoms with Gasteiger partial charge in [0.1, 0.15) is 0 Å². The van der Waals surface area contributed by atoms with Crippen molar-refractivity contribution in [3.63, 3.8) is 0 Å². The van der Waals surface area contributed by atoms with Crippen molar-refractivity contribution >= 4 is 29.2 Å². The SMILES string of the molecule is CCCCCC(=O)NC(C)(C)CCOC(C)(C)CCC(=O)OCCCC.C[C@@H]1NC(=S)N[C@@H]1C. The lowest BCUT2D eigenvalue weighted by molar-refractivity contribution is -0.145. The van der Waals surface area contributed by atoms with Crippen LogP contribution < -0.4 is 16.0 Å². The molecule has 0 aromatic carbocycles. The zero-order chi connectivity index (χ0) is 26.2. The summed E-state index contributed by atoms with van der Waals surface area (Å²) in [6.07, 6.45) is 7.39. The van der Waals surface area contributed by atoms with Gasteiger partial charge in [0.2, 0.25) is 5.91 Å². The Hall–Kier alpha value is -1.41. The van der Waals surface area contributed by atoms with Gasteiger partial charge in [0.05, 0.1) is 12.2 Å². The van der Waals surface area contributed by atoms with E-state index in [-0.39, 0.29) is 23.0 Å². The van der Waals surface area contributed by atoms with Gasteiger partial charge in [0.15, 0.2) is 5.11 Å². The molecule has 1 saturated heterocycles. The summed E-state index contributed by atoms with van der Waals surface area (Å²) in [5, 5.41) is 10.0. The van der Waals surface area contributed by atoms with Gasteiger partial charge in [-0.15, -0.1) is 0 Å². The van der Waals surface area contributed by atoms with Crippen LogP contribution in [0.2, 0.25) is 0 Å². The molecule has 200 valence electrons. The summed E-state index contributed by atoms with van der Waals surface area (Å²) >= 11 is 4.85. The van der Waals surface area contributed by atoms with E-state index in [1.165, 1.54) is 0 Å². The number of amides is 1. The Bertz CT molecular complexity index is 599. The Balaban J connectivity index is 0.00000113. The summed E-state index contributed by atoms with van der Waals surface area (Å²) in [4.78, 5) is 23.7. The van der Waals surface area contributed by atoms with E-state index >= 15 is 0 Å². The third kappa shape index (κ3) is 17.1. The van der Waals surface area contributed by atoms with E-state index in [2.05, 4.69) is 43.6 Å². The lowest BCUT2D eigenvalue weighted by Gasteiger charge is -2.30. The van der Waals surface area contributed by atoms with Crippen molar-refractivity contribution in [3.8, 4) is 0 Å². The van der Waals surface area contributed by atoms with Crippen LogP contribution in [-0.4, -0.2) is 53.4 Å². The molecule has 1 aliphatic rings. The van der Waals surface area contributed by atoms with E-state index < -0.39 is 0 Å². The number of hydrogen-bond acceptors (Lipinski definition) is 5. The van der Waals surface area contributed by atoms with E-state index in [1.54, 1.807) is 0 Å². The summed E-state index contributed by atoms with van der Waals surface area (Å²) in [6.45, 7) is 17.5. The summed E-state index contributed by atoms with van der Waals surface area (Å²) in [7, 11) is 0. The minimum absolute atomic E-state index is 0.109. The topological polar surface area (TPSA) is 88.7 Å². The zero-order valence-electron chi connectivity index (χ0n) is 23.0. The Morgan fingerprint density at radius 2 is 1.50 bits per heavy atom. The van der Waals surface area contributed by atoms with Gasteiger partial charge in [-0.25, -0.2) is 0 Å². The number of carbonyl (C=O) groups excluding carboxylic acids is 2. The summed E-state index contributed by atoms with van der Waals surface area (Å²) in [5.41, 5.74) is -0.677. The molecule has 1 fully saturated rings. The van der Waals surface area contributed by atoms with Gasteiger partial charge in [-0.1, -0.05) is 33.1 Å². The van der Waals surface area contributed by atoms with Crippen LogP contribution in [0, 0.1) is 0 Å². The van der Waals surface area contributed by atoms with Gasteiger partial charge in [-0.2, -0.15) is 0 Å². The maximum Gasteiger partial charge on any atom is 0.305 e. The molecule has 0 radical (unpaired) electrons. The molecular formula is C26H51N3O4S. The molecule has 0 saturated carbocycles. The number of rotatable bonds is 15. The largest absolute Gasteiger partial charge is 0.466 e. The highest BCUT2D eigenvalue weighted by Gasteiger charge is 2.24. The number of thiocarbonyl (C=S) groups is 1. The summed E-state index contributed by atoms with van der Waals surface area (Å²) in [6, 6.07) is 0.977. The van der Waals surface area contributed by atoms with E-state index in [0.29, 0.717) is 44.6 Å². The highest BCUT2D eigenvalue weighted by Crippen LogP contribution is 2.19. The van der Waals surface area contributed by atoms with Crippen LogP contribution in [0.5, 0.6) is 0 Å². The quantitative estimate of drug-likeness (QED) is 0.165. The Kier molecular flexibility index (Phi) is 16.4. The number of unbranched alkanes of at least 4 members (excludes halogenated alkanes) is 3. The van der Waals surface area contributed by atoms with Gasteiger partial charge in [-0.3, -0.25) is 9.59 Å². The number of carbonyl (C=O) groups is 2. The first-order chi connectivity index (χ1) is 15.8. The van der Waals surface area contributed by atoms with E-state index in [4.69, 9.17) is 21.7 Å². The number of ether oxygens (including phenoxy) is 2. The molecule has 0 aliphatic carbocycles. The first-order valence-electron chi connectivity index (χ1n) is 13.0. The fraction of sp³-hybridized carbons (Fsp3) is 0.885. The predicted octanol–water partition coefficient (Wildman–Crippen LogP) is 5.01. The van der Waals surface area contributed by atoms with Gasteiger partial charge >= 0.3 is 5.97 Å². The molecule has 0 unspecified atom stereocenters. The third-order valence-electron chi connectivity index (χ3n) is 5.86. The monoisotopic (exact) mass is 501 g/mol. The maximum atomic E-state index is 12.0. The molecule has 34 heavy (non-hydrogen) atoms. The van der Waals surface area contributed by atoms with Crippen molar-refractivity contribution in [3.05, 3.63) is 0 Å². The van der Waals surface area contributed by atoms with Crippen LogP contribution in [0.3, 0.4) is 0 Å². The van der Waals surface area contributed by atoms with Gasteiger partial charge in [-0.05, 0) is 79.4 Å². The van der Waals surface area contributed by atoms with E-state index in [9.17, 15) is 9.59 Å². The molecule has 1 heterocycles. The highest BCUT2D eigenvalue weighted by atomic mass is 32.1. The van der Waals surface area contributed by atoms with Crippen LogP contribution in [0.4, 0.5) is 0 Å². The number of nitrogens with one attached hydrogen (secondary N) is 3. The molecular weight excluding hydrogens is 450 g/mol. The van der Waals surface area contributed by atoms with Gasteiger partial charge < -0.3 is 25.4 Å². The minimum atomic E-state index is -0.384. The Labute approximate surface area is 213 Å². The first-order valence-corrected chi connectivity index (χ1v) is 13.4. The molecule has 0 bridgehead atoms. The molecule has 7 nitrogen and oxygen atoms in total. The van der Waals surface area contributed by atoms with Crippen molar-refractivity contribution < 1.29 is 19.1 Å². The second-order valence-corrected chi connectivity index (χ2v) is 10.9. The predicted molar refractivity (Wildman–Crippen MR) is 144 cm³/mol. The van der Waals surface area contributed by atoms with Crippen molar-refractivity contribution in [2.24, 2.45) is 0 Å². The van der Waals surface area contributed by atoms with Crippen LogP contribution in [0.25, 0.3) is 0 Å². The summed E-state index contributed by atoms with van der Waals surface area (Å²) < 4.78 is 11.1. The fourth-order valence-electron chi connectivity index (χ4n) is 3.20. The molecule has 1 rings (SSSR count). The van der Waals surface area contributed by atoms with Gasteiger partial charge in [0, 0.05) is 37.1 Å². The average Bonchev–Trinajstić information content (AvgIpc) is 3.01. The standard InChI is InChI=1S/C21H41NO4.C5H10N2S/c1-7-9-11-12-18(23)22-20(3,4)15-17-26-21(5,6)14-13-19(24)25-16-10-8-2;1-3-4(2)7-5(8)6-3/h7-17H2,1-6H3,(H,22,23);3-4H,1-2H3,(H2,6,7,8)/t;3-,4+. The fourth-order valence-corrected chi connectivity index (χ4v) is 3.58. The minimum Gasteiger partial charge on any atom is -0.466 e. The second kappa shape index (κ2) is 17.1. The molecule has 0 aromatic heterocycles. The highest BCUT2D eigenvalue weighted by molar-refractivity contribution is 7.80. The third-order valence-corrected chi connectivity index (χ3v) is 6.10. The number of hydrogen-bond donors (Lipinski definition) is 3. The second-order valence-electron chi connectivity index (χ2n) is 10.5. The molecule has 1 amide bonds. The lowest BCUT2D eigenvalue weighted by Crippen LogP contribution is -2.44. The van der Waals surface area contributed by atoms with Crippen molar-refractivity contribution in [1.29, 1.82) is 0 Å². The molecule has 0 spiro atoms. The van der Waals surface area contributed by atoms with Gasteiger partial charge in [0.25, 0.3) is 0 Å². The van der Waals surface area contributed by atoms with Crippen molar-refractivity contribution in [1.82, 2.24) is 16.0 Å². The smallest absolute Gasteiger partial charge is 0.305 e.